The maximum absolute atomic E-state index is 11.6. The van der Waals surface area contributed by atoms with E-state index in [9.17, 15) is 4.79 Å². The number of hydrogen-bond donors (Lipinski definition) is 1. The van der Waals surface area contributed by atoms with Crippen molar-refractivity contribution in [3.05, 3.63) is 70.0 Å². The van der Waals surface area contributed by atoms with Crippen molar-refractivity contribution < 1.29 is 4.79 Å². The van der Waals surface area contributed by atoms with Crippen LogP contribution in [0.3, 0.4) is 0 Å². The van der Waals surface area contributed by atoms with Gasteiger partial charge in [-0.3, -0.25) is 4.79 Å². The highest BCUT2D eigenvalue weighted by Crippen LogP contribution is 2.55. The van der Waals surface area contributed by atoms with Crippen molar-refractivity contribution in [2.45, 2.75) is 25.2 Å². The summed E-state index contributed by atoms with van der Waals surface area (Å²) >= 11 is 6.11. The van der Waals surface area contributed by atoms with E-state index < -0.39 is 5.91 Å². The molecule has 1 fully saturated rings. The molecule has 0 aliphatic heterocycles. The summed E-state index contributed by atoms with van der Waals surface area (Å²) in [6, 6.07) is 11.9. The van der Waals surface area contributed by atoms with Gasteiger partial charge in [0.25, 0.3) is 0 Å². The van der Waals surface area contributed by atoms with Gasteiger partial charge in [0.15, 0.2) is 5.15 Å². The van der Waals surface area contributed by atoms with Crippen molar-refractivity contribution in [3.63, 3.8) is 0 Å². The molecule has 0 atom stereocenters. The molecular weight excluding hydrogens is 322 g/mol. The van der Waals surface area contributed by atoms with Crippen molar-refractivity contribution in [2.75, 3.05) is 0 Å². The lowest BCUT2D eigenvalue weighted by atomic mass is 9.84. The van der Waals surface area contributed by atoms with Gasteiger partial charge in [-0.15, -0.1) is 5.10 Å². The molecule has 1 amide bonds. The summed E-state index contributed by atoms with van der Waals surface area (Å²) in [7, 11) is 0. The summed E-state index contributed by atoms with van der Waals surface area (Å²) < 4.78 is 0. The Morgan fingerprint density at radius 2 is 2.00 bits per heavy atom. The Labute approximate surface area is 144 Å². The highest BCUT2D eigenvalue weighted by atomic mass is 35.5. The third-order valence-electron chi connectivity index (χ3n) is 4.96. The van der Waals surface area contributed by atoms with Gasteiger partial charge in [0.2, 0.25) is 5.91 Å². The zero-order valence-corrected chi connectivity index (χ0v) is 14.0. The molecule has 0 spiro atoms. The predicted molar refractivity (Wildman–Crippen MR) is 94.3 cm³/mol. The highest BCUT2D eigenvalue weighted by molar-refractivity contribution is 6.34. The van der Waals surface area contributed by atoms with E-state index in [1.165, 1.54) is 16.7 Å². The van der Waals surface area contributed by atoms with Crippen LogP contribution < -0.4 is 5.73 Å². The summed E-state index contributed by atoms with van der Waals surface area (Å²) in [6.45, 7) is 2.07. The monoisotopic (exact) mass is 337 g/mol. The van der Waals surface area contributed by atoms with E-state index in [2.05, 4.69) is 29.3 Å². The molecule has 0 radical (unpaired) electrons. The molecule has 0 unspecified atom stereocenters. The van der Waals surface area contributed by atoms with Crippen LogP contribution in [0.15, 0.2) is 42.6 Å². The number of hydrogen-bond acceptors (Lipinski definition) is 3. The molecule has 1 saturated carbocycles. The molecule has 2 aromatic carbocycles. The van der Waals surface area contributed by atoms with Crippen LogP contribution in [0.2, 0.25) is 5.15 Å². The van der Waals surface area contributed by atoms with Gasteiger partial charge in [0.1, 0.15) is 0 Å². The quantitative estimate of drug-likeness (QED) is 0.791. The Balaban J connectivity index is 1.87. The fourth-order valence-electron chi connectivity index (χ4n) is 3.48. The van der Waals surface area contributed by atoms with E-state index in [0.717, 1.165) is 23.6 Å². The molecule has 1 heterocycles. The number of fused-ring (bicyclic) bond motifs is 1. The number of halogens is 1. The van der Waals surface area contributed by atoms with Crippen LogP contribution in [0.25, 0.3) is 10.8 Å². The van der Waals surface area contributed by atoms with Gasteiger partial charge in [-0.1, -0.05) is 29.8 Å². The molecule has 2 N–H and O–H groups in total. The average molecular weight is 338 g/mol. The number of primary amides is 1. The fourth-order valence-corrected chi connectivity index (χ4v) is 3.70. The number of amides is 1. The van der Waals surface area contributed by atoms with Crippen molar-refractivity contribution >= 4 is 28.3 Å². The number of aromatic nitrogens is 2. The second kappa shape index (κ2) is 5.28. The first-order chi connectivity index (χ1) is 11.5. The lowest BCUT2D eigenvalue weighted by Crippen LogP contribution is -2.15. The third kappa shape index (κ3) is 2.26. The zero-order chi connectivity index (χ0) is 16.9. The molecule has 3 aromatic rings. The molecule has 4 rings (SSSR count). The van der Waals surface area contributed by atoms with Crippen LogP contribution in [0.1, 0.15) is 39.9 Å². The van der Waals surface area contributed by atoms with Gasteiger partial charge in [-0.2, -0.15) is 5.10 Å². The van der Waals surface area contributed by atoms with E-state index in [0.29, 0.717) is 10.7 Å². The summed E-state index contributed by atoms with van der Waals surface area (Å²) in [4.78, 5) is 11.6. The second-order valence-corrected chi connectivity index (χ2v) is 6.77. The van der Waals surface area contributed by atoms with E-state index in [4.69, 9.17) is 17.3 Å². The lowest BCUT2D eigenvalue weighted by molar-refractivity contribution is 0.1000. The molecule has 1 aliphatic rings. The maximum atomic E-state index is 11.6. The number of aryl methyl sites for hydroxylation is 1. The number of carbonyl (C=O) groups is 1. The van der Waals surface area contributed by atoms with Gasteiger partial charge in [-0.25, -0.2) is 0 Å². The minimum Gasteiger partial charge on any atom is -0.366 e. The van der Waals surface area contributed by atoms with Gasteiger partial charge < -0.3 is 5.73 Å². The SMILES string of the molecule is Cc1ccc(C(N)=O)cc1C1(c2ccc3c(Cl)nncc3c2)CC1. The highest BCUT2D eigenvalue weighted by Gasteiger charge is 2.46. The molecule has 0 bridgehead atoms. The molecule has 1 aromatic heterocycles. The van der Waals surface area contributed by atoms with E-state index in [1.54, 1.807) is 12.3 Å². The second-order valence-electron chi connectivity index (χ2n) is 6.41. The smallest absolute Gasteiger partial charge is 0.248 e. The van der Waals surface area contributed by atoms with E-state index in [-0.39, 0.29) is 5.41 Å². The first-order valence-electron chi connectivity index (χ1n) is 7.84. The number of nitrogens with zero attached hydrogens (tertiary/aromatic N) is 2. The topological polar surface area (TPSA) is 68.9 Å². The summed E-state index contributed by atoms with van der Waals surface area (Å²) in [5.41, 5.74) is 9.51. The molecule has 24 heavy (non-hydrogen) atoms. The third-order valence-corrected chi connectivity index (χ3v) is 5.24. The van der Waals surface area contributed by atoms with Crippen LogP contribution in [-0.2, 0) is 5.41 Å². The predicted octanol–water partition coefficient (Wildman–Crippen LogP) is 3.77. The molecule has 5 heteroatoms. The Kier molecular flexibility index (Phi) is 3.32. The minimum absolute atomic E-state index is 0.0561. The van der Waals surface area contributed by atoms with Crippen LogP contribution >= 0.6 is 11.6 Å². The van der Waals surface area contributed by atoms with Crippen LogP contribution in [0, 0.1) is 6.92 Å². The van der Waals surface area contributed by atoms with Crippen molar-refractivity contribution in [1.82, 2.24) is 10.2 Å². The normalized spacial score (nSPS) is 15.4. The lowest BCUT2D eigenvalue weighted by Gasteiger charge is -2.20. The molecule has 120 valence electrons. The van der Waals surface area contributed by atoms with Gasteiger partial charge in [0, 0.05) is 21.8 Å². The number of benzene rings is 2. The summed E-state index contributed by atoms with van der Waals surface area (Å²) in [5, 5.41) is 10.1. The Morgan fingerprint density at radius 1 is 1.21 bits per heavy atom. The Bertz CT molecular complexity index is 980. The number of carbonyl (C=O) groups excluding carboxylic acids is 1. The minimum atomic E-state index is -0.396. The Hall–Kier alpha value is -2.46. The summed E-state index contributed by atoms with van der Waals surface area (Å²) in [5.74, 6) is -0.396. The van der Waals surface area contributed by atoms with Crippen molar-refractivity contribution in [3.8, 4) is 0 Å². The van der Waals surface area contributed by atoms with Crippen LogP contribution in [0.4, 0.5) is 0 Å². The molecule has 0 saturated heterocycles. The van der Waals surface area contributed by atoms with E-state index in [1.807, 2.05) is 18.2 Å². The Morgan fingerprint density at radius 3 is 2.71 bits per heavy atom. The first-order valence-corrected chi connectivity index (χ1v) is 8.21. The van der Waals surface area contributed by atoms with Crippen LogP contribution in [0.5, 0.6) is 0 Å². The largest absolute Gasteiger partial charge is 0.366 e. The first kappa shape index (κ1) is 15.1. The average Bonchev–Trinajstić information content (AvgIpc) is 3.36. The molecule has 1 aliphatic carbocycles. The number of nitrogens with two attached hydrogens (primary N) is 1. The molecule has 4 nitrogen and oxygen atoms in total. The number of rotatable bonds is 3. The van der Waals surface area contributed by atoms with Gasteiger partial charge in [-0.05, 0) is 54.7 Å². The van der Waals surface area contributed by atoms with Crippen molar-refractivity contribution in [1.29, 1.82) is 0 Å². The standard InChI is InChI=1S/C19H16ClN3O/c1-11-2-3-12(18(21)24)9-16(11)19(6-7-19)14-4-5-15-13(8-14)10-22-23-17(15)20/h2-5,8-10H,6-7H2,1H3,(H2,21,24). The maximum Gasteiger partial charge on any atom is 0.248 e. The van der Waals surface area contributed by atoms with Gasteiger partial charge in [0.05, 0.1) is 6.20 Å². The van der Waals surface area contributed by atoms with Crippen molar-refractivity contribution in [2.24, 2.45) is 5.73 Å². The zero-order valence-electron chi connectivity index (χ0n) is 13.2. The van der Waals surface area contributed by atoms with E-state index >= 15 is 0 Å². The summed E-state index contributed by atoms with van der Waals surface area (Å²) in [6.07, 6.45) is 3.83. The molecular formula is C19H16ClN3O. The van der Waals surface area contributed by atoms with Gasteiger partial charge >= 0.3 is 0 Å². The fraction of sp³-hybridized carbons (Fsp3) is 0.211. The van der Waals surface area contributed by atoms with Crippen LogP contribution in [-0.4, -0.2) is 16.1 Å².